The van der Waals surface area contributed by atoms with Gasteiger partial charge in [0.2, 0.25) is 0 Å². The number of methoxy groups -OCH3 is 1. The maximum atomic E-state index is 10.9. The van der Waals surface area contributed by atoms with Crippen LogP contribution in [0.1, 0.15) is 17.3 Å². The number of carbonyl (C=O) groups excluding carboxylic acids is 1. The number of hydrogen-bond acceptors (Lipinski definition) is 3. The van der Waals surface area contributed by atoms with Crippen LogP contribution in [0, 0.1) is 0 Å². The highest BCUT2D eigenvalue weighted by molar-refractivity contribution is 6.31. The van der Waals surface area contributed by atoms with Crippen LogP contribution in [-0.4, -0.2) is 20.0 Å². The van der Waals surface area contributed by atoms with Crippen molar-refractivity contribution >= 4 is 29.5 Å². The van der Waals surface area contributed by atoms with E-state index in [1.54, 1.807) is 6.07 Å². The largest absolute Gasteiger partial charge is 0.493 e. The molecule has 1 rings (SSSR count). The molecule has 1 aromatic carbocycles. The third-order valence-corrected chi connectivity index (χ3v) is 2.62. The van der Waals surface area contributed by atoms with Gasteiger partial charge in [-0.1, -0.05) is 23.2 Å². The highest BCUT2D eigenvalue weighted by Gasteiger charge is 2.12. The molecule has 1 aromatic rings. The summed E-state index contributed by atoms with van der Waals surface area (Å²) in [6.45, 7) is 2.10. The molecule has 0 radical (unpaired) electrons. The number of carbonyl (C=O) groups is 1. The molecule has 0 saturated carbocycles. The zero-order valence-corrected chi connectivity index (χ0v) is 11.0. The normalized spacial score (nSPS) is 11.2. The monoisotopic (exact) mass is 274 g/mol. The van der Waals surface area contributed by atoms with E-state index in [1.165, 1.54) is 18.7 Å². The number of halogens is 2. The highest BCUT2D eigenvalue weighted by atomic mass is 35.5. The Balaban J connectivity index is 3.06. The summed E-state index contributed by atoms with van der Waals surface area (Å²) in [5.41, 5.74) is 2.60. The maximum absolute atomic E-state index is 10.9. The van der Waals surface area contributed by atoms with Gasteiger partial charge in [-0.05, 0) is 18.6 Å². The van der Waals surface area contributed by atoms with Gasteiger partial charge in [0.15, 0.2) is 17.8 Å². The predicted octanol–water partition coefficient (Wildman–Crippen LogP) is 3.68. The van der Waals surface area contributed by atoms with Gasteiger partial charge in [0.1, 0.15) is 6.61 Å². The number of benzene rings is 1. The third kappa shape index (κ3) is 3.65. The Bertz CT molecular complexity index is 442. The Morgan fingerprint density at radius 2 is 2.18 bits per heavy atom. The van der Waals surface area contributed by atoms with Crippen LogP contribution in [0.15, 0.2) is 23.2 Å². The van der Waals surface area contributed by atoms with E-state index in [1.807, 2.05) is 6.92 Å². The van der Waals surface area contributed by atoms with E-state index in [9.17, 15) is 4.79 Å². The van der Waals surface area contributed by atoms with Crippen molar-refractivity contribution in [3.8, 4) is 11.5 Å². The van der Waals surface area contributed by atoms with Crippen LogP contribution in [0.3, 0.4) is 0 Å². The average molecular weight is 275 g/mol. The molecule has 0 N–H and O–H groups in total. The Morgan fingerprint density at radius 3 is 2.71 bits per heavy atom. The second-order valence-corrected chi connectivity index (χ2v) is 4.04. The molecule has 0 saturated heterocycles. The fourth-order valence-electron chi connectivity index (χ4n) is 1.20. The van der Waals surface area contributed by atoms with Crippen molar-refractivity contribution in [2.24, 2.45) is 0 Å². The Labute approximate surface area is 110 Å². The van der Waals surface area contributed by atoms with Crippen molar-refractivity contribution in [3.05, 3.63) is 33.8 Å². The van der Waals surface area contributed by atoms with Gasteiger partial charge in [-0.15, -0.1) is 0 Å². The maximum Gasteiger partial charge on any atom is 0.172 e. The van der Waals surface area contributed by atoms with E-state index in [2.05, 4.69) is 0 Å². The van der Waals surface area contributed by atoms with Crippen molar-refractivity contribution in [3.63, 3.8) is 0 Å². The summed E-state index contributed by atoms with van der Waals surface area (Å²) < 4.78 is 10.6. The summed E-state index contributed by atoms with van der Waals surface area (Å²) in [7, 11) is 1.48. The van der Waals surface area contributed by atoms with Crippen molar-refractivity contribution in [2.45, 2.75) is 6.92 Å². The molecule has 92 valence electrons. The molecule has 0 aliphatic carbocycles. The zero-order valence-electron chi connectivity index (χ0n) is 9.50. The summed E-state index contributed by atoms with van der Waals surface area (Å²) in [5.74, 6) is 0.784. The summed E-state index contributed by atoms with van der Waals surface area (Å²) in [6, 6.07) is 3.11. The van der Waals surface area contributed by atoms with Crippen LogP contribution in [0.25, 0.3) is 0 Å². The van der Waals surface area contributed by atoms with E-state index in [4.69, 9.17) is 32.7 Å². The lowest BCUT2D eigenvalue weighted by molar-refractivity contribution is 0.111. The molecule has 0 atom stereocenters. The van der Waals surface area contributed by atoms with Crippen LogP contribution >= 0.6 is 23.2 Å². The molecule has 3 nitrogen and oxygen atoms in total. The van der Waals surface area contributed by atoms with Crippen LogP contribution in [-0.2, 0) is 0 Å². The second kappa shape index (κ2) is 6.52. The lowest BCUT2D eigenvalue weighted by Crippen LogP contribution is -2.03. The van der Waals surface area contributed by atoms with Crippen LogP contribution in [0.5, 0.6) is 11.5 Å². The molecule has 5 heteroatoms. The molecule has 0 fully saturated rings. The molecule has 0 aliphatic rings. The first-order valence-electron chi connectivity index (χ1n) is 4.83. The van der Waals surface area contributed by atoms with Gasteiger partial charge < -0.3 is 9.47 Å². The Hall–Kier alpha value is -1.19. The molecular weight excluding hydrogens is 263 g/mol. The van der Waals surface area contributed by atoms with Crippen LogP contribution in [0.4, 0.5) is 0 Å². The Morgan fingerprint density at radius 1 is 1.47 bits per heavy atom. The molecule has 0 aromatic heterocycles. The molecular formula is C12H12Cl2O3. The molecule has 0 unspecified atom stereocenters. The first-order valence-corrected chi connectivity index (χ1v) is 5.65. The number of ether oxygens (including phenoxy) is 2. The molecule has 0 spiro atoms. The zero-order chi connectivity index (χ0) is 12.8. The third-order valence-electron chi connectivity index (χ3n) is 2.03. The number of rotatable bonds is 5. The first-order chi connectivity index (χ1) is 8.12. The van der Waals surface area contributed by atoms with Gasteiger partial charge in [-0.3, -0.25) is 4.79 Å². The standard InChI is InChI=1S/C12H12Cl2O3/c1-8(5-13)7-17-12-9(6-15)3-10(14)4-11(12)16-2/h3-6H,7H2,1-2H3/b8-5+. The van der Waals surface area contributed by atoms with Gasteiger partial charge in [-0.2, -0.15) is 0 Å². The van der Waals surface area contributed by atoms with Gasteiger partial charge in [0.25, 0.3) is 0 Å². The smallest absolute Gasteiger partial charge is 0.172 e. The van der Waals surface area contributed by atoms with Crippen molar-refractivity contribution in [2.75, 3.05) is 13.7 Å². The van der Waals surface area contributed by atoms with E-state index >= 15 is 0 Å². The second-order valence-electron chi connectivity index (χ2n) is 3.39. The van der Waals surface area contributed by atoms with Crippen molar-refractivity contribution in [1.29, 1.82) is 0 Å². The average Bonchev–Trinajstić information content (AvgIpc) is 2.35. The fourth-order valence-corrected chi connectivity index (χ4v) is 1.48. The molecule has 0 heterocycles. The molecule has 0 amide bonds. The van der Waals surface area contributed by atoms with Gasteiger partial charge in [0, 0.05) is 16.6 Å². The quantitative estimate of drug-likeness (QED) is 0.769. The fraction of sp³-hybridized carbons (Fsp3) is 0.250. The molecule has 17 heavy (non-hydrogen) atoms. The van der Waals surface area contributed by atoms with Crippen LogP contribution in [0.2, 0.25) is 5.02 Å². The van der Waals surface area contributed by atoms with Crippen molar-refractivity contribution in [1.82, 2.24) is 0 Å². The van der Waals surface area contributed by atoms with Crippen LogP contribution < -0.4 is 9.47 Å². The molecule has 0 bridgehead atoms. The highest BCUT2D eigenvalue weighted by Crippen LogP contribution is 2.34. The minimum Gasteiger partial charge on any atom is -0.493 e. The minimum atomic E-state index is 0.280. The topological polar surface area (TPSA) is 35.5 Å². The van der Waals surface area contributed by atoms with E-state index in [-0.39, 0.29) is 6.61 Å². The molecule has 0 aliphatic heterocycles. The van der Waals surface area contributed by atoms with E-state index < -0.39 is 0 Å². The lowest BCUT2D eigenvalue weighted by atomic mass is 10.2. The number of hydrogen-bond donors (Lipinski definition) is 0. The Kier molecular flexibility index (Phi) is 5.32. The summed E-state index contributed by atoms with van der Waals surface area (Å²) in [4.78, 5) is 10.9. The predicted molar refractivity (Wildman–Crippen MR) is 68.5 cm³/mol. The van der Waals surface area contributed by atoms with Gasteiger partial charge in [0.05, 0.1) is 12.7 Å². The lowest BCUT2D eigenvalue weighted by Gasteiger charge is -2.13. The summed E-state index contributed by atoms with van der Waals surface area (Å²) in [5, 5.41) is 0.418. The summed E-state index contributed by atoms with van der Waals surface area (Å²) >= 11 is 11.4. The van der Waals surface area contributed by atoms with Crippen molar-refractivity contribution < 1.29 is 14.3 Å². The SMILES string of the molecule is COc1cc(Cl)cc(C=O)c1OC/C(C)=C/Cl. The van der Waals surface area contributed by atoms with Gasteiger partial charge in [-0.25, -0.2) is 0 Å². The minimum absolute atomic E-state index is 0.280. The van der Waals surface area contributed by atoms with E-state index in [0.717, 1.165) is 5.57 Å². The van der Waals surface area contributed by atoms with Gasteiger partial charge >= 0.3 is 0 Å². The van der Waals surface area contributed by atoms with E-state index in [0.29, 0.717) is 28.4 Å². The number of aldehydes is 1. The first kappa shape index (κ1) is 13.9. The summed E-state index contributed by atoms with van der Waals surface area (Å²) in [6.07, 6.45) is 0.670.